The summed E-state index contributed by atoms with van der Waals surface area (Å²) in [7, 11) is -1.39. The second kappa shape index (κ2) is 6.09. The van der Waals surface area contributed by atoms with Gasteiger partial charge < -0.3 is 4.57 Å². The van der Waals surface area contributed by atoms with Gasteiger partial charge in [-0.05, 0) is 6.92 Å². The van der Waals surface area contributed by atoms with Gasteiger partial charge in [0.05, 0.1) is 0 Å². The van der Waals surface area contributed by atoms with Crippen LogP contribution in [-0.2, 0) is 13.5 Å². The smallest absolute Gasteiger partial charge is 0.338 e. The zero-order chi connectivity index (χ0) is 11.2. The number of nitrogens with zero attached hydrogens (tertiary/aromatic N) is 2. The Labute approximate surface area is 84.6 Å². The highest BCUT2D eigenvalue weighted by Crippen LogP contribution is 2.43. The minimum absolute atomic E-state index is 0.0486. The van der Waals surface area contributed by atoms with Crippen LogP contribution in [0.15, 0.2) is 12.4 Å². The average molecular weight is 221 g/mol. The molecule has 0 saturated heterocycles. The largest absolute Gasteiger partial charge is 0.403 e. The summed E-state index contributed by atoms with van der Waals surface area (Å²) >= 11 is 0. The van der Waals surface area contributed by atoms with E-state index >= 15 is 0 Å². The van der Waals surface area contributed by atoms with Crippen LogP contribution in [0.25, 0.3) is 0 Å². The molecule has 5 nitrogen and oxygen atoms in total. The van der Waals surface area contributed by atoms with E-state index in [1.54, 1.807) is 0 Å². The molecule has 1 rings (SSSR count). The van der Waals surface area contributed by atoms with Gasteiger partial charge in [0.2, 0.25) is 0 Å². The summed E-state index contributed by atoms with van der Waals surface area (Å²) in [6.45, 7) is 3.61. The van der Waals surface area contributed by atoms with Gasteiger partial charge in [-0.3, -0.25) is 0 Å². The van der Waals surface area contributed by atoms with E-state index in [1.807, 2.05) is 24.0 Å². The number of hydrogen-bond acceptors (Lipinski definition) is 4. The van der Waals surface area contributed by atoms with Crippen molar-refractivity contribution in [3.8, 4) is 0 Å². The van der Waals surface area contributed by atoms with E-state index in [9.17, 15) is 0 Å². The van der Waals surface area contributed by atoms with Crippen LogP contribution in [0.1, 0.15) is 19.7 Å². The SMILES string of the molecule is CC[P+](O)(O)O.CCc1nccn1C. The number of imidazole rings is 1. The maximum absolute atomic E-state index is 8.05. The van der Waals surface area contributed by atoms with Crippen molar-refractivity contribution in [3.63, 3.8) is 0 Å². The highest BCUT2D eigenvalue weighted by atomic mass is 31.2. The van der Waals surface area contributed by atoms with Crippen LogP contribution in [0.2, 0.25) is 0 Å². The summed E-state index contributed by atoms with van der Waals surface area (Å²) in [5.41, 5.74) is 0. The third-order valence-electron chi connectivity index (χ3n) is 1.66. The van der Waals surface area contributed by atoms with Gasteiger partial charge in [0.1, 0.15) is 12.0 Å². The van der Waals surface area contributed by atoms with Crippen LogP contribution in [0.3, 0.4) is 0 Å². The first-order valence-electron chi connectivity index (χ1n) is 4.43. The molecule has 3 N–H and O–H groups in total. The van der Waals surface area contributed by atoms with E-state index in [0.29, 0.717) is 0 Å². The van der Waals surface area contributed by atoms with Crippen LogP contribution in [-0.4, -0.2) is 30.4 Å². The highest BCUT2D eigenvalue weighted by Gasteiger charge is 2.24. The van der Waals surface area contributed by atoms with Crippen LogP contribution in [0, 0.1) is 0 Å². The zero-order valence-electron chi connectivity index (χ0n) is 8.75. The van der Waals surface area contributed by atoms with Gasteiger partial charge in [0.15, 0.2) is 0 Å². The molecule has 6 heteroatoms. The number of rotatable bonds is 2. The van der Waals surface area contributed by atoms with E-state index in [-0.39, 0.29) is 6.16 Å². The lowest BCUT2D eigenvalue weighted by atomic mass is 10.5. The molecule has 1 heterocycles. The van der Waals surface area contributed by atoms with E-state index in [1.165, 1.54) is 6.92 Å². The van der Waals surface area contributed by atoms with E-state index in [4.69, 9.17) is 14.7 Å². The molecule has 0 aliphatic carbocycles. The first-order valence-corrected chi connectivity index (χ1v) is 6.26. The summed E-state index contributed by atoms with van der Waals surface area (Å²) in [5, 5.41) is 0. The van der Waals surface area contributed by atoms with Gasteiger partial charge in [-0.25, -0.2) is 4.98 Å². The maximum atomic E-state index is 8.05. The molecule has 0 unspecified atom stereocenters. The van der Waals surface area contributed by atoms with E-state index < -0.39 is 7.94 Å². The number of aryl methyl sites for hydroxylation is 2. The molecule has 0 spiro atoms. The van der Waals surface area contributed by atoms with Crippen LogP contribution in [0.4, 0.5) is 0 Å². The summed E-state index contributed by atoms with van der Waals surface area (Å²) in [6.07, 6.45) is 4.84. The lowest BCUT2D eigenvalue weighted by Crippen LogP contribution is -1.92. The van der Waals surface area contributed by atoms with Gasteiger partial charge >= 0.3 is 7.94 Å². The molecule has 0 radical (unpaired) electrons. The van der Waals surface area contributed by atoms with Crippen LogP contribution >= 0.6 is 7.94 Å². The fourth-order valence-corrected chi connectivity index (χ4v) is 0.737. The average Bonchev–Trinajstić information content (AvgIpc) is 2.51. The summed E-state index contributed by atoms with van der Waals surface area (Å²) < 4.78 is 2.03. The van der Waals surface area contributed by atoms with Gasteiger partial charge in [0.25, 0.3) is 0 Å². The Hall–Kier alpha value is -0.480. The third kappa shape index (κ3) is 6.05. The lowest BCUT2D eigenvalue weighted by molar-refractivity contribution is 0.332. The fraction of sp³-hybridized carbons (Fsp3) is 0.625. The second-order valence-electron chi connectivity index (χ2n) is 2.82. The topological polar surface area (TPSA) is 78.5 Å². The highest BCUT2D eigenvalue weighted by molar-refractivity contribution is 7.58. The molecular weight excluding hydrogens is 203 g/mol. The Bertz CT molecular complexity index is 257. The fourth-order valence-electron chi connectivity index (χ4n) is 0.737. The van der Waals surface area contributed by atoms with Gasteiger partial charge in [0, 0.05) is 25.9 Å². The van der Waals surface area contributed by atoms with Crippen molar-refractivity contribution in [2.24, 2.45) is 7.05 Å². The molecule has 82 valence electrons. The molecule has 0 atom stereocenters. The van der Waals surface area contributed by atoms with Crippen molar-refractivity contribution >= 4 is 7.94 Å². The Morgan fingerprint density at radius 2 is 1.86 bits per heavy atom. The van der Waals surface area contributed by atoms with Gasteiger partial charge in [-0.1, -0.05) is 6.92 Å². The molecule has 0 aliphatic rings. The molecule has 1 aromatic rings. The summed E-state index contributed by atoms with van der Waals surface area (Å²) in [5.74, 6) is 1.14. The number of aromatic nitrogens is 2. The number of hydrogen-bond donors (Lipinski definition) is 3. The molecule has 0 aromatic carbocycles. The minimum atomic E-state index is -3.40. The van der Waals surface area contributed by atoms with Crippen LogP contribution in [0.5, 0.6) is 0 Å². The van der Waals surface area contributed by atoms with Crippen molar-refractivity contribution in [2.75, 3.05) is 6.16 Å². The Morgan fingerprint density at radius 3 is 2.00 bits per heavy atom. The Balaban J connectivity index is 0.000000255. The first kappa shape index (κ1) is 13.5. The first-order chi connectivity index (χ1) is 6.40. The predicted molar refractivity (Wildman–Crippen MR) is 56.7 cm³/mol. The second-order valence-corrected chi connectivity index (χ2v) is 4.83. The normalized spacial score (nSPS) is 10.7. The van der Waals surface area contributed by atoms with Crippen molar-refractivity contribution in [1.82, 2.24) is 9.55 Å². The molecule has 1 aromatic heterocycles. The van der Waals surface area contributed by atoms with Gasteiger partial charge in [-0.2, -0.15) is 14.7 Å². The lowest BCUT2D eigenvalue weighted by Gasteiger charge is -1.95. The summed E-state index contributed by atoms with van der Waals surface area (Å²) in [6, 6.07) is 0. The maximum Gasteiger partial charge on any atom is 0.403 e. The monoisotopic (exact) mass is 221 g/mol. The Morgan fingerprint density at radius 1 is 1.36 bits per heavy atom. The standard InChI is InChI=1S/C6H10N2.C2H8O3P/c1-3-6-7-4-5-8(6)2;1-2-6(3,4)5/h4-5H,3H2,1-2H3;3-5H,2H2,1H3/q;+1. The van der Waals surface area contributed by atoms with E-state index in [0.717, 1.165) is 12.2 Å². The molecule has 0 saturated carbocycles. The minimum Gasteiger partial charge on any atom is -0.338 e. The molecule has 0 fully saturated rings. The zero-order valence-corrected chi connectivity index (χ0v) is 9.65. The van der Waals surface area contributed by atoms with Crippen molar-refractivity contribution in [3.05, 3.63) is 18.2 Å². The quantitative estimate of drug-likeness (QED) is 0.643. The molecule has 0 amide bonds. The van der Waals surface area contributed by atoms with E-state index in [2.05, 4.69) is 11.9 Å². The molecule has 0 bridgehead atoms. The van der Waals surface area contributed by atoms with Crippen molar-refractivity contribution in [1.29, 1.82) is 0 Å². The van der Waals surface area contributed by atoms with Crippen molar-refractivity contribution in [2.45, 2.75) is 20.3 Å². The van der Waals surface area contributed by atoms with Crippen molar-refractivity contribution < 1.29 is 14.7 Å². The van der Waals surface area contributed by atoms with Crippen LogP contribution < -0.4 is 0 Å². The third-order valence-corrected chi connectivity index (χ3v) is 2.51. The summed E-state index contributed by atoms with van der Waals surface area (Å²) in [4.78, 5) is 28.2. The molecule has 0 aliphatic heterocycles. The van der Waals surface area contributed by atoms with Gasteiger partial charge in [-0.15, -0.1) is 0 Å². The predicted octanol–water partition coefficient (Wildman–Crippen LogP) is 0.728. The molecule has 14 heavy (non-hydrogen) atoms. The molecular formula is C8H18N2O3P+. The Kier molecular flexibility index (Phi) is 5.88.